The first-order chi connectivity index (χ1) is 5.59. The normalized spacial score (nSPS) is 20.1. The first-order valence-corrected chi connectivity index (χ1v) is 4.47. The fraction of sp³-hybridized carbons (Fsp3) is 0.700. The Labute approximate surface area is 102 Å². The Balaban J connectivity index is 0.00000144. The van der Waals surface area contributed by atoms with Crippen LogP contribution in [0.15, 0.2) is 12.2 Å². The van der Waals surface area contributed by atoms with Crippen molar-refractivity contribution in [3.63, 3.8) is 0 Å². The van der Waals surface area contributed by atoms with Gasteiger partial charge in [0.15, 0.2) is 0 Å². The molecule has 0 aliphatic heterocycles. The van der Waals surface area contributed by atoms with E-state index in [0.29, 0.717) is 12.8 Å². The van der Waals surface area contributed by atoms with Crippen molar-refractivity contribution < 1.29 is 39.5 Å². The molecular formula is C10H15NaO2. The van der Waals surface area contributed by atoms with Crippen molar-refractivity contribution in [3.8, 4) is 0 Å². The molecular weight excluding hydrogens is 175 g/mol. The second-order valence-electron chi connectivity index (χ2n) is 3.71. The third-order valence-electron chi connectivity index (χ3n) is 2.91. The number of aliphatic carboxylic acids is 1. The average molecular weight is 190 g/mol. The summed E-state index contributed by atoms with van der Waals surface area (Å²) in [7, 11) is 0. The van der Waals surface area contributed by atoms with E-state index in [1.54, 1.807) is 6.92 Å². The van der Waals surface area contributed by atoms with Gasteiger partial charge in [-0.2, -0.15) is 0 Å². The van der Waals surface area contributed by atoms with Gasteiger partial charge in [0, 0.05) is 5.41 Å². The van der Waals surface area contributed by atoms with Crippen molar-refractivity contribution in [3.05, 3.63) is 12.2 Å². The van der Waals surface area contributed by atoms with Gasteiger partial charge in [0.1, 0.15) is 0 Å². The average Bonchev–Trinajstić information content (AvgIpc) is 2.05. The molecule has 1 fully saturated rings. The van der Waals surface area contributed by atoms with E-state index >= 15 is 0 Å². The number of carboxylic acid groups (broad SMARTS) is 1. The zero-order valence-electron chi connectivity index (χ0n) is 8.56. The van der Waals surface area contributed by atoms with Crippen LogP contribution >= 0.6 is 0 Å². The summed E-state index contributed by atoms with van der Waals surface area (Å²) in [6.45, 7) is 5.54. The van der Waals surface area contributed by atoms with Gasteiger partial charge in [-0.1, -0.05) is 31.4 Å². The molecule has 0 aromatic heterocycles. The monoisotopic (exact) mass is 190 g/mol. The molecule has 0 N–H and O–H groups in total. The number of carboxylic acids is 1. The minimum absolute atomic E-state index is 0. The van der Waals surface area contributed by atoms with Crippen LogP contribution in [0.25, 0.3) is 0 Å². The summed E-state index contributed by atoms with van der Waals surface area (Å²) < 4.78 is 0. The largest absolute Gasteiger partial charge is 1.00 e. The molecule has 3 heteroatoms. The number of hydrogen-bond donors (Lipinski definition) is 0. The standard InChI is InChI=1S/C10H16O2.Na/c1-8(2)10(9(11)12)6-4-3-5-7-10;/h1,3-7H2,2H3,(H,11,12);/q;+1/p-1. The fourth-order valence-electron chi connectivity index (χ4n) is 1.96. The summed E-state index contributed by atoms with van der Waals surface area (Å²) >= 11 is 0. The van der Waals surface area contributed by atoms with E-state index < -0.39 is 11.4 Å². The maximum absolute atomic E-state index is 10.9. The van der Waals surface area contributed by atoms with Gasteiger partial charge in [0.2, 0.25) is 0 Å². The molecule has 1 aliphatic rings. The third-order valence-corrected chi connectivity index (χ3v) is 2.91. The first kappa shape index (κ1) is 13.2. The maximum atomic E-state index is 10.9. The van der Waals surface area contributed by atoms with Gasteiger partial charge in [-0.25, -0.2) is 0 Å². The van der Waals surface area contributed by atoms with Gasteiger partial charge in [0.05, 0.1) is 5.97 Å². The topological polar surface area (TPSA) is 40.1 Å². The molecule has 13 heavy (non-hydrogen) atoms. The molecule has 68 valence electrons. The molecule has 1 rings (SSSR count). The molecule has 0 radical (unpaired) electrons. The minimum atomic E-state index is -0.935. The summed E-state index contributed by atoms with van der Waals surface area (Å²) in [6, 6.07) is 0. The molecule has 2 nitrogen and oxygen atoms in total. The molecule has 1 aliphatic carbocycles. The van der Waals surface area contributed by atoms with Crippen molar-refractivity contribution in [1.29, 1.82) is 0 Å². The van der Waals surface area contributed by atoms with Crippen molar-refractivity contribution in [2.45, 2.75) is 39.0 Å². The zero-order chi connectivity index (χ0) is 9.19. The Bertz CT molecular complexity index is 189. The number of carbonyl (C=O) groups excluding carboxylic acids is 1. The summed E-state index contributed by atoms with van der Waals surface area (Å²) in [4.78, 5) is 10.9. The van der Waals surface area contributed by atoms with Gasteiger partial charge in [-0.05, 0) is 19.8 Å². The van der Waals surface area contributed by atoms with E-state index in [1.807, 2.05) is 0 Å². The van der Waals surface area contributed by atoms with Crippen LogP contribution in [0.3, 0.4) is 0 Å². The SMILES string of the molecule is C=C(C)C1(C(=O)[O-])CCCCC1.[Na+]. The molecule has 0 aromatic carbocycles. The molecule has 0 unspecified atom stereocenters. The summed E-state index contributed by atoms with van der Waals surface area (Å²) in [5, 5.41) is 10.9. The molecule has 0 aromatic rings. The van der Waals surface area contributed by atoms with E-state index in [2.05, 4.69) is 6.58 Å². The van der Waals surface area contributed by atoms with E-state index in [9.17, 15) is 9.90 Å². The minimum Gasteiger partial charge on any atom is -0.549 e. The Morgan fingerprint density at radius 1 is 1.31 bits per heavy atom. The zero-order valence-corrected chi connectivity index (χ0v) is 10.6. The molecule has 0 bridgehead atoms. The van der Waals surface area contributed by atoms with E-state index in [-0.39, 0.29) is 29.6 Å². The van der Waals surface area contributed by atoms with E-state index in [4.69, 9.17) is 0 Å². The van der Waals surface area contributed by atoms with Gasteiger partial charge >= 0.3 is 29.6 Å². The van der Waals surface area contributed by atoms with Crippen LogP contribution in [-0.4, -0.2) is 5.97 Å². The van der Waals surface area contributed by atoms with E-state index in [1.165, 1.54) is 0 Å². The number of hydrogen-bond acceptors (Lipinski definition) is 2. The predicted octanol–water partition coefficient (Wildman–Crippen LogP) is -1.73. The molecule has 0 atom stereocenters. The van der Waals surface area contributed by atoms with Crippen molar-refractivity contribution in [2.24, 2.45) is 5.41 Å². The number of rotatable bonds is 2. The molecule has 1 saturated carbocycles. The van der Waals surface area contributed by atoms with Crippen LogP contribution in [0.4, 0.5) is 0 Å². The van der Waals surface area contributed by atoms with Crippen molar-refractivity contribution in [2.75, 3.05) is 0 Å². The fourth-order valence-corrected chi connectivity index (χ4v) is 1.96. The van der Waals surface area contributed by atoms with Gasteiger partial charge in [0.25, 0.3) is 0 Å². The van der Waals surface area contributed by atoms with Crippen molar-refractivity contribution in [1.82, 2.24) is 0 Å². The van der Waals surface area contributed by atoms with Crippen LogP contribution in [0.1, 0.15) is 39.0 Å². The summed E-state index contributed by atoms with van der Waals surface area (Å²) in [5.74, 6) is -0.935. The number of carbonyl (C=O) groups is 1. The summed E-state index contributed by atoms with van der Waals surface area (Å²) in [5.41, 5.74) is 0.0420. The molecule has 0 spiro atoms. The second kappa shape index (κ2) is 5.18. The van der Waals surface area contributed by atoms with Gasteiger partial charge in [-0.3, -0.25) is 0 Å². The van der Waals surface area contributed by atoms with E-state index in [0.717, 1.165) is 24.8 Å². The van der Waals surface area contributed by atoms with Gasteiger partial charge < -0.3 is 9.90 Å². The molecule has 0 saturated heterocycles. The Morgan fingerprint density at radius 2 is 1.77 bits per heavy atom. The van der Waals surface area contributed by atoms with Crippen LogP contribution in [0.2, 0.25) is 0 Å². The Hall–Kier alpha value is 0.210. The Morgan fingerprint density at radius 3 is 2.00 bits per heavy atom. The van der Waals surface area contributed by atoms with Crippen LogP contribution in [-0.2, 0) is 4.79 Å². The smallest absolute Gasteiger partial charge is 0.549 e. The quantitative estimate of drug-likeness (QED) is 0.383. The van der Waals surface area contributed by atoms with Crippen LogP contribution in [0.5, 0.6) is 0 Å². The van der Waals surface area contributed by atoms with Crippen LogP contribution in [0, 0.1) is 5.41 Å². The maximum Gasteiger partial charge on any atom is 1.00 e. The molecule has 0 amide bonds. The Kier molecular flexibility index (Phi) is 5.26. The first-order valence-electron chi connectivity index (χ1n) is 4.47. The predicted molar refractivity (Wildman–Crippen MR) is 45.3 cm³/mol. The second-order valence-corrected chi connectivity index (χ2v) is 3.71. The third kappa shape index (κ3) is 2.58. The summed E-state index contributed by atoms with van der Waals surface area (Å²) in [6.07, 6.45) is 4.54. The molecule has 0 heterocycles. The van der Waals surface area contributed by atoms with Crippen molar-refractivity contribution >= 4 is 5.97 Å². The van der Waals surface area contributed by atoms with Crippen LogP contribution < -0.4 is 34.7 Å². The van der Waals surface area contributed by atoms with Gasteiger partial charge in [-0.15, -0.1) is 0 Å².